The smallest absolute Gasteiger partial charge is 0.0794 e. The van der Waals surface area contributed by atoms with Crippen molar-refractivity contribution in [2.45, 2.75) is 32.1 Å². The van der Waals surface area contributed by atoms with Crippen molar-refractivity contribution in [3.63, 3.8) is 0 Å². The maximum atomic E-state index is 4.19. The molecule has 78 valence electrons. The molecule has 0 bridgehead atoms. The van der Waals surface area contributed by atoms with Crippen LogP contribution in [0.2, 0.25) is 0 Å². The first-order valence-corrected chi connectivity index (χ1v) is 6.39. The van der Waals surface area contributed by atoms with Gasteiger partial charge in [0.1, 0.15) is 0 Å². The average molecular weight is 210 g/mol. The molecule has 1 aliphatic rings. The molecule has 0 amide bonds. The fraction of sp³-hybridized carbons (Fsp3) is 0.727. The number of aromatic nitrogens is 1. The van der Waals surface area contributed by atoms with Gasteiger partial charge >= 0.3 is 0 Å². The summed E-state index contributed by atoms with van der Waals surface area (Å²) in [6.07, 6.45) is 5.98. The number of piperidine rings is 1. The molecule has 3 heteroatoms. The van der Waals surface area contributed by atoms with E-state index in [1.807, 2.05) is 16.8 Å². The molecule has 2 unspecified atom stereocenters. The Hall–Kier alpha value is -0.410. The Bertz CT molecular complexity index is 256. The van der Waals surface area contributed by atoms with E-state index in [2.05, 4.69) is 23.4 Å². The number of nitrogens with zero attached hydrogens (tertiary/aromatic N) is 1. The summed E-state index contributed by atoms with van der Waals surface area (Å²) >= 11 is 1.82. The summed E-state index contributed by atoms with van der Waals surface area (Å²) in [5.41, 5.74) is 1.96. The van der Waals surface area contributed by atoms with Gasteiger partial charge in [0.2, 0.25) is 0 Å². The lowest BCUT2D eigenvalue weighted by Gasteiger charge is -2.31. The molecule has 14 heavy (non-hydrogen) atoms. The van der Waals surface area contributed by atoms with E-state index in [4.69, 9.17) is 0 Å². The Morgan fingerprint density at radius 2 is 2.57 bits per heavy atom. The fourth-order valence-electron chi connectivity index (χ4n) is 2.38. The van der Waals surface area contributed by atoms with Crippen LogP contribution in [0, 0.1) is 5.92 Å². The third-order valence-corrected chi connectivity index (χ3v) is 3.99. The zero-order valence-electron chi connectivity index (χ0n) is 8.70. The molecule has 2 rings (SSSR count). The largest absolute Gasteiger partial charge is 0.316 e. The molecule has 0 spiro atoms. The topological polar surface area (TPSA) is 24.9 Å². The third-order valence-electron chi connectivity index (χ3n) is 3.08. The predicted octanol–water partition coefficient (Wildman–Crippen LogP) is 2.64. The summed E-state index contributed by atoms with van der Waals surface area (Å²) in [5, 5.41) is 3.50. The zero-order chi connectivity index (χ0) is 9.80. The van der Waals surface area contributed by atoms with Gasteiger partial charge in [0.05, 0.1) is 5.51 Å². The Balaban J connectivity index is 2.06. The molecule has 1 aromatic heterocycles. The Morgan fingerprint density at radius 3 is 3.29 bits per heavy atom. The number of thiazole rings is 1. The number of nitrogens with one attached hydrogen (secondary N) is 1. The lowest BCUT2D eigenvalue weighted by atomic mass is 9.83. The van der Waals surface area contributed by atoms with Crippen LogP contribution in [0.15, 0.2) is 11.7 Å². The van der Waals surface area contributed by atoms with Crippen molar-refractivity contribution in [1.29, 1.82) is 0 Å². The van der Waals surface area contributed by atoms with Crippen molar-refractivity contribution >= 4 is 11.3 Å². The van der Waals surface area contributed by atoms with Gasteiger partial charge in [-0.05, 0) is 31.8 Å². The van der Waals surface area contributed by atoms with Crippen LogP contribution in [-0.2, 0) is 0 Å². The highest BCUT2D eigenvalue weighted by molar-refractivity contribution is 7.09. The maximum absolute atomic E-state index is 4.19. The van der Waals surface area contributed by atoms with Crippen LogP contribution in [0.3, 0.4) is 0 Å². The predicted molar refractivity (Wildman–Crippen MR) is 60.7 cm³/mol. The van der Waals surface area contributed by atoms with Crippen LogP contribution in [0.1, 0.15) is 37.0 Å². The van der Waals surface area contributed by atoms with Crippen LogP contribution in [-0.4, -0.2) is 18.1 Å². The number of hydrogen-bond donors (Lipinski definition) is 1. The van der Waals surface area contributed by atoms with Crippen LogP contribution in [0.5, 0.6) is 0 Å². The van der Waals surface area contributed by atoms with Gasteiger partial charge in [-0.3, -0.25) is 4.98 Å². The summed E-state index contributed by atoms with van der Waals surface area (Å²) in [4.78, 5) is 5.68. The highest BCUT2D eigenvalue weighted by Gasteiger charge is 2.26. The first kappa shape index (κ1) is 10.1. The summed E-state index contributed by atoms with van der Waals surface area (Å²) in [7, 11) is 0. The molecule has 1 aromatic rings. The molecule has 0 aliphatic carbocycles. The quantitative estimate of drug-likeness (QED) is 0.829. The molecular formula is C11H18N2S. The summed E-state index contributed by atoms with van der Waals surface area (Å²) in [6, 6.07) is 0. The van der Waals surface area contributed by atoms with E-state index in [0.29, 0.717) is 0 Å². The van der Waals surface area contributed by atoms with Crippen molar-refractivity contribution in [2.75, 3.05) is 13.1 Å². The van der Waals surface area contributed by atoms with Crippen LogP contribution in [0.25, 0.3) is 0 Å². The molecule has 0 aromatic carbocycles. The summed E-state index contributed by atoms with van der Waals surface area (Å²) < 4.78 is 0. The molecular weight excluding hydrogens is 192 g/mol. The first-order valence-electron chi connectivity index (χ1n) is 5.51. The Kier molecular flexibility index (Phi) is 3.54. The fourth-order valence-corrected chi connectivity index (χ4v) is 3.23. The minimum atomic E-state index is 0.767. The number of hydrogen-bond acceptors (Lipinski definition) is 3. The van der Waals surface area contributed by atoms with Gasteiger partial charge < -0.3 is 5.32 Å². The van der Waals surface area contributed by atoms with Crippen LogP contribution < -0.4 is 5.32 Å². The second kappa shape index (κ2) is 4.89. The monoisotopic (exact) mass is 210 g/mol. The van der Waals surface area contributed by atoms with Crippen molar-refractivity contribution in [2.24, 2.45) is 5.92 Å². The minimum absolute atomic E-state index is 0.767. The van der Waals surface area contributed by atoms with Gasteiger partial charge in [-0.25, -0.2) is 0 Å². The van der Waals surface area contributed by atoms with E-state index >= 15 is 0 Å². The highest BCUT2D eigenvalue weighted by atomic mass is 32.1. The van der Waals surface area contributed by atoms with Gasteiger partial charge in [-0.15, -0.1) is 11.3 Å². The molecule has 2 nitrogen and oxygen atoms in total. The molecule has 0 saturated carbocycles. The lowest BCUT2D eigenvalue weighted by molar-refractivity contribution is 0.310. The molecule has 1 saturated heterocycles. The minimum Gasteiger partial charge on any atom is -0.316 e. The summed E-state index contributed by atoms with van der Waals surface area (Å²) in [5.74, 6) is 1.60. The van der Waals surface area contributed by atoms with Crippen molar-refractivity contribution < 1.29 is 0 Å². The average Bonchev–Trinajstić information content (AvgIpc) is 2.72. The van der Waals surface area contributed by atoms with Crippen LogP contribution >= 0.6 is 11.3 Å². The van der Waals surface area contributed by atoms with Crippen molar-refractivity contribution in [3.05, 3.63) is 16.6 Å². The Morgan fingerprint density at radius 1 is 1.64 bits per heavy atom. The molecule has 1 fully saturated rings. The third kappa shape index (κ3) is 2.15. The van der Waals surface area contributed by atoms with E-state index in [1.165, 1.54) is 37.2 Å². The normalized spacial score (nSPS) is 27.8. The molecule has 1 aliphatic heterocycles. The summed E-state index contributed by atoms with van der Waals surface area (Å²) in [6.45, 7) is 4.64. The first-order chi connectivity index (χ1) is 6.92. The van der Waals surface area contributed by atoms with Gasteiger partial charge in [-0.2, -0.15) is 0 Å². The standard InChI is InChI=1S/C11H18N2S/c1-2-3-9-6-12-5-4-10(9)11-7-13-8-14-11/h7-10,12H,2-6H2,1H3. The van der Waals surface area contributed by atoms with Gasteiger partial charge in [0, 0.05) is 17.0 Å². The molecule has 2 atom stereocenters. The lowest BCUT2D eigenvalue weighted by Crippen LogP contribution is -2.35. The van der Waals surface area contributed by atoms with E-state index in [0.717, 1.165) is 11.8 Å². The zero-order valence-corrected chi connectivity index (χ0v) is 9.52. The van der Waals surface area contributed by atoms with E-state index in [-0.39, 0.29) is 0 Å². The SMILES string of the molecule is CCCC1CNCCC1c1cncs1. The van der Waals surface area contributed by atoms with E-state index < -0.39 is 0 Å². The van der Waals surface area contributed by atoms with E-state index in [1.54, 1.807) is 0 Å². The van der Waals surface area contributed by atoms with Crippen LogP contribution in [0.4, 0.5) is 0 Å². The molecule has 0 radical (unpaired) electrons. The second-order valence-electron chi connectivity index (χ2n) is 4.05. The van der Waals surface area contributed by atoms with Gasteiger partial charge in [0.15, 0.2) is 0 Å². The molecule has 1 N–H and O–H groups in total. The highest BCUT2D eigenvalue weighted by Crippen LogP contribution is 2.34. The van der Waals surface area contributed by atoms with Crippen molar-refractivity contribution in [1.82, 2.24) is 10.3 Å². The second-order valence-corrected chi connectivity index (χ2v) is 4.97. The number of rotatable bonds is 3. The van der Waals surface area contributed by atoms with Crippen molar-refractivity contribution in [3.8, 4) is 0 Å². The van der Waals surface area contributed by atoms with Gasteiger partial charge in [0.25, 0.3) is 0 Å². The van der Waals surface area contributed by atoms with Gasteiger partial charge in [-0.1, -0.05) is 13.3 Å². The van der Waals surface area contributed by atoms with E-state index in [9.17, 15) is 0 Å². The molecule has 2 heterocycles. The Labute approximate surface area is 89.8 Å². The maximum Gasteiger partial charge on any atom is 0.0794 e.